The minimum absolute atomic E-state index is 0.00709. The summed E-state index contributed by atoms with van der Waals surface area (Å²) < 4.78 is 16.7. The second-order valence-corrected chi connectivity index (χ2v) is 22.8. The normalized spacial score (nSPS) is 18.8. The fourth-order valence-electron chi connectivity index (χ4n) is 10.0. The topological polar surface area (TPSA) is 175 Å². The summed E-state index contributed by atoms with van der Waals surface area (Å²) in [4.78, 5) is 25.0. The van der Waals surface area contributed by atoms with Crippen molar-refractivity contribution in [3.63, 3.8) is 0 Å². The summed E-state index contributed by atoms with van der Waals surface area (Å²) in [6, 6.07) is -0.834. The van der Waals surface area contributed by atoms with Gasteiger partial charge in [-0.05, 0) is 103 Å². The van der Waals surface area contributed by atoms with Crippen LogP contribution in [0.4, 0.5) is 0 Å². The fraction of sp³-hybridized carbons (Fsp3) is 0.797. The van der Waals surface area contributed by atoms with E-state index in [1.165, 1.54) is 186 Å². The monoisotopic (exact) mass is 1130 g/mol. The molecule has 0 aromatic heterocycles. The van der Waals surface area contributed by atoms with Crippen LogP contribution in [0.25, 0.3) is 0 Å². The summed E-state index contributed by atoms with van der Waals surface area (Å²) in [7, 11) is 0. The molecule has 0 spiro atoms. The number of hydrogen-bond donors (Lipinski definition) is 6. The Bertz CT molecular complexity index is 1560. The lowest BCUT2D eigenvalue weighted by Gasteiger charge is -2.40. The van der Waals surface area contributed by atoms with Gasteiger partial charge in [-0.3, -0.25) is 9.59 Å². The minimum Gasteiger partial charge on any atom is -0.466 e. The van der Waals surface area contributed by atoms with Gasteiger partial charge in [-0.25, -0.2) is 0 Å². The number of aliphatic hydroxyl groups excluding tert-OH is 5. The maximum atomic E-state index is 13.0. The van der Waals surface area contributed by atoms with E-state index in [9.17, 15) is 35.1 Å². The predicted molar refractivity (Wildman–Crippen MR) is 333 cm³/mol. The molecule has 11 heteroatoms. The van der Waals surface area contributed by atoms with E-state index in [0.717, 1.165) is 77.0 Å². The van der Waals surface area contributed by atoms with E-state index in [-0.39, 0.29) is 18.5 Å². The van der Waals surface area contributed by atoms with Crippen molar-refractivity contribution in [1.29, 1.82) is 0 Å². The molecule has 1 amide bonds. The standard InChI is InChI=1S/C69H123NO10/c1-3-5-7-9-11-13-36-41-45-49-53-57-65(74)78-58-54-50-46-42-38-35-33-31-29-27-25-23-21-19-17-15-16-18-20-22-24-26-28-30-32-34-37-40-44-48-52-56-64(73)70-61(60-79-69-68(77)67(76)66(75)63(59-71)80-69)62(72)55-51-47-43-39-14-12-10-8-6-4-2/h6,8-9,11,14,17,19,23,25,39,51,55,61-63,66-69,71-72,75-77H,3-5,7,10,12-13,15-16,18,20-22,24,26-38,40-50,52-54,56-60H2,1-2H3,(H,70,73)/b8-6+,11-9-,19-17-,25-23-,39-14+,55-51+. The number of unbranched alkanes of at least 4 members (excludes halogenated alkanes) is 33. The number of allylic oxidation sites excluding steroid dienone is 11. The molecule has 1 aliphatic heterocycles. The minimum atomic E-state index is -1.58. The first kappa shape index (κ1) is 75.1. The zero-order valence-electron chi connectivity index (χ0n) is 51.3. The third-order valence-electron chi connectivity index (χ3n) is 15.3. The van der Waals surface area contributed by atoms with Crippen molar-refractivity contribution in [2.45, 2.75) is 333 Å². The molecule has 7 atom stereocenters. The average molecular weight is 1130 g/mol. The number of nitrogens with one attached hydrogen (secondary N) is 1. The lowest BCUT2D eigenvalue weighted by atomic mass is 9.99. The van der Waals surface area contributed by atoms with Crippen molar-refractivity contribution in [3.05, 3.63) is 72.9 Å². The van der Waals surface area contributed by atoms with Crippen LogP contribution in [0.5, 0.6) is 0 Å². The first-order chi connectivity index (χ1) is 39.2. The maximum Gasteiger partial charge on any atom is 0.305 e. The number of carbonyl (C=O) groups is 2. The highest BCUT2D eigenvalue weighted by Crippen LogP contribution is 2.23. The van der Waals surface area contributed by atoms with Crippen LogP contribution in [0.1, 0.15) is 290 Å². The van der Waals surface area contributed by atoms with E-state index in [0.29, 0.717) is 19.4 Å². The largest absolute Gasteiger partial charge is 0.466 e. The molecule has 0 aromatic rings. The molecule has 1 saturated heterocycles. The Balaban J connectivity index is 1.97. The van der Waals surface area contributed by atoms with E-state index < -0.39 is 49.5 Å². The SMILES string of the molecule is CC/C=C/CC/C=C/CC/C=C/C(O)C(COC1OC(CO)C(O)C(O)C1O)NC(=O)CCCCCCCCCCCCCCCCC/C=C\C/C=C\CCCCCCCCCCCOC(=O)CCCCCCC/C=C\CCCC. The quantitative estimate of drug-likeness (QED) is 0.0195. The highest BCUT2D eigenvalue weighted by atomic mass is 16.7. The Morgan fingerprint density at radius 3 is 1.38 bits per heavy atom. The van der Waals surface area contributed by atoms with Gasteiger partial charge in [0.05, 0.1) is 32.0 Å². The maximum absolute atomic E-state index is 13.0. The number of ether oxygens (including phenoxy) is 3. The first-order valence-electron chi connectivity index (χ1n) is 33.2. The number of carbonyl (C=O) groups excluding carboxylic acids is 2. The lowest BCUT2D eigenvalue weighted by Crippen LogP contribution is -2.60. The molecule has 1 aliphatic rings. The van der Waals surface area contributed by atoms with Crippen molar-refractivity contribution < 1.29 is 49.3 Å². The second kappa shape index (κ2) is 57.9. The summed E-state index contributed by atoms with van der Waals surface area (Å²) >= 11 is 0. The smallest absolute Gasteiger partial charge is 0.305 e. The molecule has 0 aliphatic carbocycles. The molecule has 0 bridgehead atoms. The molecule has 1 rings (SSSR count). The molecule has 6 N–H and O–H groups in total. The van der Waals surface area contributed by atoms with E-state index in [2.05, 4.69) is 79.9 Å². The predicted octanol–water partition coefficient (Wildman–Crippen LogP) is 16.3. The Hall–Kier alpha value is -2.90. The van der Waals surface area contributed by atoms with Crippen molar-refractivity contribution in [3.8, 4) is 0 Å². The zero-order valence-corrected chi connectivity index (χ0v) is 51.3. The molecule has 0 aromatic carbocycles. The van der Waals surface area contributed by atoms with Crippen LogP contribution in [0.15, 0.2) is 72.9 Å². The average Bonchev–Trinajstić information content (AvgIpc) is 3.47. The molecule has 0 saturated carbocycles. The summed E-state index contributed by atoms with van der Waals surface area (Å²) in [5.74, 6) is -0.206. The van der Waals surface area contributed by atoms with E-state index in [4.69, 9.17) is 14.2 Å². The van der Waals surface area contributed by atoms with E-state index >= 15 is 0 Å². The van der Waals surface area contributed by atoms with Gasteiger partial charge in [-0.1, -0.05) is 247 Å². The number of amides is 1. The van der Waals surface area contributed by atoms with Crippen LogP contribution in [0, 0.1) is 0 Å². The fourth-order valence-corrected chi connectivity index (χ4v) is 10.0. The Labute approximate surface area is 490 Å². The highest BCUT2D eigenvalue weighted by Gasteiger charge is 2.44. The van der Waals surface area contributed by atoms with Gasteiger partial charge in [0.15, 0.2) is 6.29 Å². The van der Waals surface area contributed by atoms with Gasteiger partial charge in [0, 0.05) is 12.8 Å². The summed E-state index contributed by atoms with van der Waals surface area (Å²) in [5.41, 5.74) is 0. The summed E-state index contributed by atoms with van der Waals surface area (Å²) in [6.07, 6.45) is 67.6. The molecule has 464 valence electrons. The zero-order chi connectivity index (χ0) is 58.0. The third-order valence-corrected chi connectivity index (χ3v) is 15.3. The highest BCUT2D eigenvalue weighted by molar-refractivity contribution is 5.76. The number of esters is 1. The van der Waals surface area contributed by atoms with Crippen LogP contribution in [0.2, 0.25) is 0 Å². The van der Waals surface area contributed by atoms with Gasteiger partial charge in [0.25, 0.3) is 0 Å². The summed E-state index contributed by atoms with van der Waals surface area (Å²) in [6.45, 7) is 4.16. The van der Waals surface area contributed by atoms with Crippen molar-refractivity contribution in [2.24, 2.45) is 0 Å². The Morgan fingerprint density at radius 1 is 0.475 bits per heavy atom. The molecule has 1 fully saturated rings. The van der Waals surface area contributed by atoms with Crippen molar-refractivity contribution in [2.75, 3.05) is 19.8 Å². The molecule has 7 unspecified atom stereocenters. The lowest BCUT2D eigenvalue weighted by molar-refractivity contribution is -0.302. The van der Waals surface area contributed by atoms with Crippen LogP contribution < -0.4 is 5.32 Å². The molecule has 1 heterocycles. The van der Waals surface area contributed by atoms with Gasteiger partial charge in [-0.2, -0.15) is 0 Å². The number of aliphatic hydroxyl groups is 5. The Morgan fingerprint density at radius 2 is 0.887 bits per heavy atom. The van der Waals surface area contributed by atoms with Gasteiger partial charge in [-0.15, -0.1) is 0 Å². The van der Waals surface area contributed by atoms with Gasteiger partial charge >= 0.3 is 5.97 Å². The van der Waals surface area contributed by atoms with E-state index in [1.807, 2.05) is 6.08 Å². The van der Waals surface area contributed by atoms with Crippen molar-refractivity contribution >= 4 is 11.9 Å². The van der Waals surface area contributed by atoms with Gasteiger partial charge in [0.2, 0.25) is 5.91 Å². The molecule has 11 nitrogen and oxygen atoms in total. The van der Waals surface area contributed by atoms with Crippen LogP contribution >= 0.6 is 0 Å². The van der Waals surface area contributed by atoms with E-state index in [1.54, 1.807) is 6.08 Å². The second-order valence-electron chi connectivity index (χ2n) is 22.8. The first-order valence-corrected chi connectivity index (χ1v) is 33.2. The third kappa shape index (κ3) is 46.6. The van der Waals surface area contributed by atoms with Gasteiger partial charge < -0.3 is 45.1 Å². The van der Waals surface area contributed by atoms with Crippen molar-refractivity contribution in [1.82, 2.24) is 5.32 Å². The Kier molecular flexibility index (Phi) is 54.4. The molecular formula is C69H123NO10. The summed E-state index contributed by atoms with van der Waals surface area (Å²) in [5, 5.41) is 54.2. The number of hydrogen-bond acceptors (Lipinski definition) is 10. The molecule has 80 heavy (non-hydrogen) atoms. The molecule has 0 radical (unpaired) electrons. The van der Waals surface area contributed by atoms with Crippen LogP contribution in [-0.4, -0.2) is 100 Å². The van der Waals surface area contributed by atoms with Crippen LogP contribution in [0.3, 0.4) is 0 Å². The van der Waals surface area contributed by atoms with Gasteiger partial charge in [0.1, 0.15) is 24.4 Å². The molecular weight excluding hydrogens is 1000 g/mol. The van der Waals surface area contributed by atoms with Crippen LogP contribution in [-0.2, 0) is 23.8 Å². The number of rotatable bonds is 57.